The monoisotopic (exact) mass is 315 g/mol. The molecule has 1 heterocycles. The molecular formula is C12H13NO9. The summed E-state index contributed by atoms with van der Waals surface area (Å²) < 4.78 is 0. The first-order valence-electron chi connectivity index (χ1n) is 5.61. The highest BCUT2D eigenvalue weighted by molar-refractivity contribution is 5.88. The van der Waals surface area contributed by atoms with Gasteiger partial charge in [-0.1, -0.05) is 0 Å². The number of aliphatic hydroxyl groups is 1. The van der Waals surface area contributed by atoms with Gasteiger partial charge >= 0.3 is 23.9 Å². The number of carbonyl (C=O) groups is 4. The van der Waals surface area contributed by atoms with Crippen LogP contribution in [0, 0.1) is 0 Å². The molecule has 1 rings (SSSR count). The van der Waals surface area contributed by atoms with Gasteiger partial charge in [0.2, 0.25) is 0 Å². The Hall–Kier alpha value is -3.01. The van der Waals surface area contributed by atoms with Crippen molar-refractivity contribution in [3.8, 4) is 0 Å². The van der Waals surface area contributed by atoms with Gasteiger partial charge in [0.1, 0.15) is 0 Å². The third kappa shape index (κ3) is 6.96. The smallest absolute Gasteiger partial charge is 0.337 e. The van der Waals surface area contributed by atoms with Crippen LogP contribution >= 0.6 is 0 Å². The molecule has 0 aliphatic rings. The van der Waals surface area contributed by atoms with Crippen LogP contribution < -0.4 is 0 Å². The molecule has 10 heteroatoms. The van der Waals surface area contributed by atoms with Gasteiger partial charge in [0.15, 0.2) is 5.60 Å². The lowest BCUT2D eigenvalue weighted by Crippen LogP contribution is -2.42. The average molecular weight is 315 g/mol. The van der Waals surface area contributed by atoms with Gasteiger partial charge < -0.3 is 25.5 Å². The Morgan fingerprint density at radius 2 is 1.50 bits per heavy atom. The summed E-state index contributed by atoms with van der Waals surface area (Å²) in [6.07, 6.45) is 0.554. The van der Waals surface area contributed by atoms with E-state index < -0.39 is 42.3 Å². The molecule has 0 fully saturated rings. The van der Waals surface area contributed by atoms with Crippen LogP contribution in [-0.4, -0.2) is 60.0 Å². The maximum absolute atomic E-state index is 10.3. The fraction of sp³-hybridized carbons (Fsp3) is 0.250. The van der Waals surface area contributed by atoms with Crippen LogP contribution in [0.15, 0.2) is 24.5 Å². The minimum Gasteiger partial charge on any atom is -0.481 e. The first-order valence-corrected chi connectivity index (χ1v) is 5.61. The zero-order chi connectivity index (χ0) is 17.3. The zero-order valence-electron chi connectivity index (χ0n) is 11.0. The highest BCUT2D eigenvalue weighted by atomic mass is 16.4. The SMILES string of the molecule is O=C(O)CC(O)(CC(=O)O)C(=O)O.O=C(O)c1cccnc1. The van der Waals surface area contributed by atoms with E-state index in [4.69, 9.17) is 25.5 Å². The molecule has 0 aliphatic carbocycles. The van der Waals surface area contributed by atoms with Crippen LogP contribution in [0.5, 0.6) is 0 Å². The molecule has 120 valence electrons. The van der Waals surface area contributed by atoms with Crippen molar-refractivity contribution in [2.75, 3.05) is 0 Å². The highest BCUT2D eigenvalue weighted by Crippen LogP contribution is 2.15. The molecular weight excluding hydrogens is 302 g/mol. The lowest BCUT2D eigenvalue weighted by Gasteiger charge is -2.18. The van der Waals surface area contributed by atoms with Crippen LogP contribution in [-0.2, 0) is 14.4 Å². The molecule has 0 unspecified atom stereocenters. The number of rotatable bonds is 6. The second kappa shape index (κ2) is 8.32. The summed E-state index contributed by atoms with van der Waals surface area (Å²) >= 11 is 0. The van der Waals surface area contributed by atoms with E-state index in [1.807, 2.05) is 0 Å². The first kappa shape index (κ1) is 19.0. The minimum absolute atomic E-state index is 0.220. The predicted octanol–water partition coefficient (Wildman–Crippen LogP) is -0.469. The number of aromatic carboxylic acids is 1. The minimum atomic E-state index is -2.74. The molecule has 0 spiro atoms. The zero-order valence-corrected chi connectivity index (χ0v) is 11.0. The Balaban J connectivity index is 0.000000425. The number of hydrogen-bond acceptors (Lipinski definition) is 6. The van der Waals surface area contributed by atoms with Crippen LogP contribution in [0.1, 0.15) is 23.2 Å². The van der Waals surface area contributed by atoms with Gasteiger partial charge in [0.05, 0.1) is 18.4 Å². The summed E-state index contributed by atoms with van der Waals surface area (Å²) in [4.78, 5) is 44.3. The number of aromatic nitrogens is 1. The standard InChI is InChI=1S/C6H5NO2.C6H8O7/c8-6(9)5-2-1-3-7-4-5;7-3(8)1-6(13,5(11)12)2-4(9)10/h1-4H,(H,8,9);13H,1-2H2,(H,7,8)(H,9,10)(H,11,12). The number of aliphatic carboxylic acids is 3. The quantitative estimate of drug-likeness (QED) is 0.460. The molecule has 0 aromatic carbocycles. The van der Waals surface area contributed by atoms with E-state index in [9.17, 15) is 19.2 Å². The van der Waals surface area contributed by atoms with Gasteiger partial charge in [-0.05, 0) is 12.1 Å². The average Bonchev–Trinajstić information content (AvgIpc) is 2.38. The van der Waals surface area contributed by atoms with E-state index in [-0.39, 0.29) is 5.56 Å². The van der Waals surface area contributed by atoms with Gasteiger partial charge in [-0.3, -0.25) is 14.6 Å². The Morgan fingerprint density at radius 1 is 1.00 bits per heavy atom. The van der Waals surface area contributed by atoms with Gasteiger partial charge in [-0.15, -0.1) is 0 Å². The summed E-state index contributed by atoms with van der Waals surface area (Å²) in [7, 11) is 0. The summed E-state index contributed by atoms with van der Waals surface area (Å²) in [6, 6.07) is 3.08. The van der Waals surface area contributed by atoms with Crippen molar-refractivity contribution in [2.45, 2.75) is 18.4 Å². The summed E-state index contributed by atoms with van der Waals surface area (Å²) in [5, 5.41) is 42.2. The number of carboxylic acid groups (broad SMARTS) is 4. The van der Waals surface area contributed by atoms with E-state index >= 15 is 0 Å². The maximum Gasteiger partial charge on any atom is 0.337 e. The first-order chi connectivity index (χ1) is 10.1. The number of pyridine rings is 1. The Kier molecular flexibility index (Phi) is 7.18. The van der Waals surface area contributed by atoms with Crippen LogP contribution in [0.25, 0.3) is 0 Å². The van der Waals surface area contributed by atoms with Crippen molar-refractivity contribution in [1.29, 1.82) is 0 Å². The maximum atomic E-state index is 10.3. The summed E-state index contributed by atoms with van der Waals surface area (Å²) in [5.74, 6) is -5.96. The second-order valence-electron chi connectivity index (χ2n) is 4.02. The molecule has 0 saturated carbocycles. The fourth-order valence-electron chi connectivity index (χ4n) is 1.20. The molecule has 0 bridgehead atoms. The van der Waals surface area contributed by atoms with Gasteiger partial charge in [0.25, 0.3) is 0 Å². The normalized spacial score (nSPS) is 10.0. The Morgan fingerprint density at radius 3 is 1.73 bits per heavy atom. The highest BCUT2D eigenvalue weighted by Gasteiger charge is 2.40. The van der Waals surface area contributed by atoms with E-state index in [1.165, 1.54) is 18.5 Å². The molecule has 1 aromatic heterocycles. The molecule has 22 heavy (non-hydrogen) atoms. The molecule has 0 aliphatic heterocycles. The van der Waals surface area contributed by atoms with Gasteiger partial charge in [-0.25, -0.2) is 9.59 Å². The third-order valence-electron chi connectivity index (χ3n) is 2.19. The summed E-state index contributed by atoms with van der Waals surface area (Å²) in [5.41, 5.74) is -2.52. The number of nitrogens with zero attached hydrogens (tertiary/aromatic N) is 1. The van der Waals surface area contributed by atoms with Crippen LogP contribution in [0.2, 0.25) is 0 Å². The van der Waals surface area contributed by atoms with Crippen LogP contribution in [0.4, 0.5) is 0 Å². The van der Waals surface area contributed by atoms with Crippen molar-refractivity contribution in [3.05, 3.63) is 30.1 Å². The topological polar surface area (TPSA) is 182 Å². The third-order valence-corrected chi connectivity index (χ3v) is 2.19. The van der Waals surface area contributed by atoms with Gasteiger partial charge in [0, 0.05) is 12.4 Å². The molecule has 1 aromatic rings. The van der Waals surface area contributed by atoms with Crippen molar-refractivity contribution >= 4 is 23.9 Å². The molecule has 0 saturated heterocycles. The van der Waals surface area contributed by atoms with E-state index in [0.29, 0.717) is 0 Å². The van der Waals surface area contributed by atoms with E-state index in [2.05, 4.69) is 4.98 Å². The Labute approximate surface area is 123 Å². The molecule has 5 N–H and O–H groups in total. The molecule has 0 atom stereocenters. The second-order valence-corrected chi connectivity index (χ2v) is 4.02. The molecule has 0 amide bonds. The van der Waals surface area contributed by atoms with Gasteiger partial charge in [-0.2, -0.15) is 0 Å². The number of carboxylic acids is 4. The van der Waals surface area contributed by atoms with Crippen molar-refractivity contribution in [1.82, 2.24) is 4.98 Å². The van der Waals surface area contributed by atoms with E-state index in [0.717, 1.165) is 0 Å². The van der Waals surface area contributed by atoms with Crippen LogP contribution in [0.3, 0.4) is 0 Å². The lowest BCUT2D eigenvalue weighted by atomic mass is 9.96. The number of hydrogen-bond donors (Lipinski definition) is 5. The van der Waals surface area contributed by atoms with Crippen molar-refractivity contribution < 1.29 is 44.7 Å². The fourth-order valence-corrected chi connectivity index (χ4v) is 1.20. The largest absolute Gasteiger partial charge is 0.481 e. The summed E-state index contributed by atoms with van der Waals surface area (Å²) in [6.45, 7) is 0. The molecule has 0 radical (unpaired) electrons. The van der Waals surface area contributed by atoms with Crippen molar-refractivity contribution in [2.24, 2.45) is 0 Å². The predicted molar refractivity (Wildman–Crippen MR) is 68.3 cm³/mol. The van der Waals surface area contributed by atoms with E-state index in [1.54, 1.807) is 6.07 Å². The van der Waals surface area contributed by atoms with Crippen molar-refractivity contribution in [3.63, 3.8) is 0 Å². The molecule has 10 nitrogen and oxygen atoms in total. The Bertz CT molecular complexity index is 539. The lowest BCUT2D eigenvalue weighted by molar-refractivity contribution is -0.170.